The zero-order valence-corrected chi connectivity index (χ0v) is 18.5. The summed E-state index contributed by atoms with van der Waals surface area (Å²) >= 11 is 2.17. The number of nitrogens with one attached hydrogen (secondary N) is 2. The quantitative estimate of drug-likeness (QED) is 0.338. The van der Waals surface area contributed by atoms with Crippen molar-refractivity contribution in [1.82, 2.24) is 9.97 Å². The molecule has 2 aromatic carbocycles. The average Bonchev–Trinajstić information content (AvgIpc) is 2.68. The molecule has 0 spiro atoms. The lowest BCUT2D eigenvalue weighted by Crippen LogP contribution is -2.13. The highest BCUT2D eigenvalue weighted by Gasteiger charge is 2.35. The summed E-state index contributed by atoms with van der Waals surface area (Å²) in [6.45, 7) is 4.42. The van der Waals surface area contributed by atoms with Crippen LogP contribution in [0.4, 0.5) is 36.3 Å². The third-order valence-electron chi connectivity index (χ3n) is 3.91. The molecule has 0 fully saturated rings. The standard InChI is InChI=1S/C21H20F3IN4O/c1-13(2)12-30-18-6-4-3-5-17(18)28-19-16(21(22,23)24)11-26-20(29-19)27-15-9-7-14(25)8-10-15/h3-11,13H,12H2,1-2H3,(H2,26,27,28,29). The zero-order chi connectivity index (χ0) is 21.7. The summed E-state index contributed by atoms with van der Waals surface area (Å²) in [7, 11) is 0. The summed E-state index contributed by atoms with van der Waals surface area (Å²) in [6.07, 6.45) is -3.85. The number of hydrogen-bond acceptors (Lipinski definition) is 5. The number of para-hydroxylation sites is 2. The van der Waals surface area contributed by atoms with Crippen molar-refractivity contribution in [2.45, 2.75) is 20.0 Å². The molecule has 0 atom stereocenters. The van der Waals surface area contributed by atoms with E-state index in [1.54, 1.807) is 36.4 Å². The van der Waals surface area contributed by atoms with Crippen molar-refractivity contribution in [3.63, 3.8) is 0 Å². The van der Waals surface area contributed by atoms with Gasteiger partial charge < -0.3 is 15.4 Å². The Morgan fingerprint density at radius 2 is 1.73 bits per heavy atom. The van der Waals surface area contributed by atoms with E-state index in [9.17, 15) is 13.2 Å². The molecular weight excluding hydrogens is 508 g/mol. The molecule has 158 valence electrons. The van der Waals surface area contributed by atoms with Gasteiger partial charge in [0, 0.05) is 15.5 Å². The number of alkyl halides is 3. The van der Waals surface area contributed by atoms with Gasteiger partial charge in [-0.3, -0.25) is 0 Å². The predicted octanol–water partition coefficient (Wildman–Crippen LogP) is 6.62. The molecule has 0 radical (unpaired) electrons. The first-order valence-electron chi connectivity index (χ1n) is 9.18. The lowest BCUT2D eigenvalue weighted by atomic mass is 10.2. The predicted molar refractivity (Wildman–Crippen MR) is 120 cm³/mol. The molecule has 0 aliphatic heterocycles. The maximum Gasteiger partial charge on any atom is 0.421 e. The third kappa shape index (κ3) is 5.97. The molecule has 5 nitrogen and oxygen atoms in total. The first kappa shape index (κ1) is 22.1. The number of nitrogens with zero attached hydrogens (tertiary/aromatic N) is 2. The second-order valence-corrected chi connectivity index (χ2v) is 8.16. The molecule has 9 heteroatoms. The molecule has 0 aliphatic carbocycles. The smallest absolute Gasteiger partial charge is 0.421 e. The van der Waals surface area contributed by atoms with Crippen LogP contribution in [0.3, 0.4) is 0 Å². The number of rotatable bonds is 7. The Kier molecular flexibility index (Phi) is 7.01. The Balaban J connectivity index is 1.93. The number of anilines is 4. The second-order valence-electron chi connectivity index (χ2n) is 6.91. The van der Waals surface area contributed by atoms with Gasteiger partial charge >= 0.3 is 6.18 Å². The van der Waals surface area contributed by atoms with E-state index in [4.69, 9.17) is 4.74 Å². The molecule has 0 bridgehead atoms. The number of ether oxygens (including phenoxy) is 1. The van der Waals surface area contributed by atoms with Gasteiger partial charge in [-0.25, -0.2) is 4.98 Å². The summed E-state index contributed by atoms with van der Waals surface area (Å²) in [6, 6.07) is 14.1. The summed E-state index contributed by atoms with van der Waals surface area (Å²) in [4.78, 5) is 7.91. The summed E-state index contributed by atoms with van der Waals surface area (Å²) in [5.74, 6) is 0.413. The Hall–Kier alpha value is -2.56. The SMILES string of the molecule is CC(C)COc1ccccc1Nc1nc(Nc2ccc(I)cc2)ncc1C(F)(F)F. The van der Waals surface area contributed by atoms with E-state index in [-0.39, 0.29) is 17.7 Å². The maximum absolute atomic E-state index is 13.5. The molecule has 0 unspecified atom stereocenters. The van der Waals surface area contributed by atoms with Crippen molar-refractivity contribution in [3.05, 3.63) is 63.9 Å². The van der Waals surface area contributed by atoms with Crippen LogP contribution in [0.5, 0.6) is 5.75 Å². The monoisotopic (exact) mass is 528 g/mol. The Morgan fingerprint density at radius 1 is 1.03 bits per heavy atom. The van der Waals surface area contributed by atoms with Crippen LogP contribution < -0.4 is 15.4 Å². The number of benzene rings is 2. The molecule has 0 aliphatic rings. The van der Waals surface area contributed by atoms with Gasteiger partial charge in [-0.15, -0.1) is 0 Å². The zero-order valence-electron chi connectivity index (χ0n) is 16.3. The highest BCUT2D eigenvalue weighted by Crippen LogP contribution is 2.37. The van der Waals surface area contributed by atoms with E-state index < -0.39 is 11.7 Å². The topological polar surface area (TPSA) is 59.1 Å². The normalized spacial score (nSPS) is 11.4. The lowest BCUT2D eigenvalue weighted by molar-refractivity contribution is -0.137. The molecule has 0 saturated carbocycles. The highest BCUT2D eigenvalue weighted by molar-refractivity contribution is 14.1. The van der Waals surface area contributed by atoms with Gasteiger partial charge in [0.05, 0.1) is 12.3 Å². The number of aromatic nitrogens is 2. The molecule has 0 amide bonds. The Labute approximate surface area is 186 Å². The third-order valence-corrected chi connectivity index (χ3v) is 4.63. The van der Waals surface area contributed by atoms with Gasteiger partial charge in [0.1, 0.15) is 17.1 Å². The van der Waals surface area contributed by atoms with E-state index in [2.05, 4.69) is 43.2 Å². The van der Waals surface area contributed by atoms with Gasteiger partial charge in [0.2, 0.25) is 5.95 Å². The van der Waals surface area contributed by atoms with Crippen LogP contribution in [-0.2, 0) is 6.18 Å². The maximum atomic E-state index is 13.5. The van der Waals surface area contributed by atoms with Crippen molar-refractivity contribution in [3.8, 4) is 5.75 Å². The van der Waals surface area contributed by atoms with E-state index in [1.807, 2.05) is 26.0 Å². The lowest BCUT2D eigenvalue weighted by Gasteiger charge is -2.17. The summed E-state index contributed by atoms with van der Waals surface area (Å²) in [5.41, 5.74) is 0.0960. The molecule has 3 aromatic rings. The highest BCUT2D eigenvalue weighted by atomic mass is 127. The van der Waals surface area contributed by atoms with E-state index in [1.165, 1.54) is 0 Å². The van der Waals surface area contributed by atoms with E-state index in [0.29, 0.717) is 23.7 Å². The Bertz CT molecular complexity index is 994. The average molecular weight is 528 g/mol. The van der Waals surface area contributed by atoms with Crippen LogP contribution in [0, 0.1) is 9.49 Å². The minimum Gasteiger partial charge on any atom is -0.491 e. The Morgan fingerprint density at radius 3 is 2.40 bits per heavy atom. The van der Waals surface area contributed by atoms with Crippen molar-refractivity contribution in [1.29, 1.82) is 0 Å². The first-order valence-corrected chi connectivity index (χ1v) is 10.3. The molecular formula is C21H20F3IN4O. The molecule has 1 aromatic heterocycles. The minimum atomic E-state index is -4.61. The largest absolute Gasteiger partial charge is 0.491 e. The van der Waals surface area contributed by atoms with Gasteiger partial charge in [0.25, 0.3) is 0 Å². The fourth-order valence-electron chi connectivity index (χ4n) is 2.49. The van der Waals surface area contributed by atoms with Gasteiger partial charge in [-0.05, 0) is 64.9 Å². The van der Waals surface area contributed by atoms with Crippen LogP contribution >= 0.6 is 22.6 Å². The number of hydrogen-bond donors (Lipinski definition) is 2. The van der Waals surface area contributed by atoms with Crippen molar-refractivity contribution < 1.29 is 17.9 Å². The van der Waals surface area contributed by atoms with Gasteiger partial charge in [-0.1, -0.05) is 26.0 Å². The van der Waals surface area contributed by atoms with E-state index in [0.717, 1.165) is 9.77 Å². The molecule has 30 heavy (non-hydrogen) atoms. The molecule has 0 saturated heterocycles. The van der Waals surface area contributed by atoms with Crippen LogP contribution in [-0.4, -0.2) is 16.6 Å². The van der Waals surface area contributed by atoms with Gasteiger partial charge in [0.15, 0.2) is 0 Å². The first-order chi connectivity index (χ1) is 14.2. The number of halogens is 4. The van der Waals surface area contributed by atoms with Crippen LogP contribution in [0.15, 0.2) is 54.7 Å². The van der Waals surface area contributed by atoms with Gasteiger partial charge in [-0.2, -0.15) is 18.2 Å². The minimum absolute atomic E-state index is 0.0484. The van der Waals surface area contributed by atoms with Crippen LogP contribution in [0.1, 0.15) is 19.4 Å². The second kappa shape index (κ2) is 9.50. The van der Waals surface area contributed by atoms with Crippen LogP contribution in [0.2, 0.25) is 0 Å². The van der Waals surface area contributed by atoms with Crippen LogP contribution in [0.25, 0.3) is 0 Å². The molecule has 3 rings (SSSR count). The molecule has 1 heterocycles. The van der Waals surface area contributed by atoms with Crippen molar-refractivity contribution in [2.75, 3.05) is 17.2 Å². The van der Waals surface area contributed by atoms with E-state index >= 15 is 0 Å². The summed E-state index contributed by atoms with van der Waals surface area (Å²) < 4.78 is 47.4. The fraction of sp³-hybridized carbons (Fsp3) is 0.238. The van der Waals surface area contributed by atoms with Crippen molar-refractivity contribution in [2.24, 2.45) is 5.92 Å². The fourth-order valence-corrected chi connectivity index (χ4v) is 2.85. The van der Waals surface area contributed by atoms with Crippen molar-refractivity contribution >= 4 is 45.7 Å². The summed E-state index contributed by atoms with van der Waals surface area (Å²) in [5, 5.41) is 5.70. The molecule has 2 N–H and O–H groups in total.